The number of halogens is 1. The number of carbonyl (C=O) groups excluding carboxylic acids is 2. The van der Waals surface area contributed by atoms with E-state index in [-0.39, 0.29) is 29.2 Å². The maximum Gasteiger partial charge on any atom is 0.227 e. The Morgan fingerprint density at radius 1 is 1.04 bits per heavy atom. The van der Waals surface area contributed by atoms with Gasteiger partial charge in [-0.2, -0.15) is 0 Å². The van der Waals surface area contributed by atoms with Crippen molar-refractivity contribution >= 4 is 29.1 Å². The van der Waals surface area contributed by atoms with E-state index in [0.717, 1.165) is 31.4 Å². The van der Waals surface area contributed by atoms with E-state index in [1.165, 1.54) is 0 Å². The van der Waals surface area contributed by atoms with Crippen molar-refractivity contribution in [1.82, 2.24) is 5.32 Å². The highest BCUT2D eigenvalue weighted by atomic mass is 35.5. The minimum absolute atomic E-state index is 0.0157. The fourth-order valence-electron chi connectivity index (χ4n) is 2.90. The molecule has 1 fully saturated rings. The summed E-state index contributed by atoms with van der Waals surface area (Å²) in [6, 6.07) is 7.15. The molecular formula is C18H25ClN2O2. The van der Waals surface area contributed by atoms with Crippen molar-refractivity contribution in [2.75, 3.05) is 5.32 Å². The maximum atomic E-state index is 12.3. The van der Waals surface area contributed by atoms with Gasteiger partial charge in [-0.15, -0.1) is 0 Å². The summed E-state index contributed by atoms with van der Waals surface area (Å²) in [5.74, 6) is 0.102. The zero-order valence-corrected chi connectivity index (χ0v) is 14.7. The van der Waals surface area contributed by atoms with Gasteiger partial charge in [0.25, 0.3) is 0 Å². The third-order valence-corrected chi connectivity index (χ3v) is 4.29. The van der Waals surface area contributed by atoms with E-state index < -0.39 is 0 Å². The molecule has 1 aliphatic rings. The van der Waals surface area contributed by atoms with Crippen LogP contribution in [0.15, 0.2) is 24.3 Å². The van der Waals surface area contributed by atoms with E-state index in [1.54, 1.807) is 12.1 Å². The van der Waals surface area contributed by atoms with Crippen molar-refractivity contribution in [1.29, 1.82) is 0 Å². The molecule has 0 aromatic heterocycles. The molecule has 2 amide bonds. The topological polar surface area (TPSA) is 58.2 Å². The quantitative estimate of drug-likeness (QED) is 0.876. The highest BCUT2D eigenvalue weighted by Gasteiger charge is 2.31. The van der Waals surface area contributed by atoms with Crippen molar-refractivity contribution in [2.45, 2.75) is 52.0 Å². The first-order chi connectivity index (χ1) is 10.7. The van der Waals surface area contributed by atoms with Crippen LogP contribution >= 0.6 is 11.6 Å². The molecule has 5 heteroatoms. The minimum Gasteiger partial charge on any atom is -0.351 e. The van der Waals surface area contributed by atoms with Crippen molar-refractivity contribution < 1.29 is 9.59 Å². The summed E-state index contributed by atoms with van der Waals surface area (Å²) < 4.78 is 0. The molecule has 0 atom stereocenters. The number of carbonyl (C=O) groups is 2. The maximum absolute atomic E-state index is 12.3. The molecule has 1 aromatic rings. The van der Waals surface area contributed by atoms with E-state index >= 15 is 0 Å². The van der Waals surface area contributed by atoms with Crippen molar-refractivity contribution in [3.05, 3.63) is 29.3 Å². The van der Waals surface area contributed by atoms with E-state index in [1.807, 2.05) is 32.9 Å². The first kappa shape index (κ1) is 17.8. The second-order valence-corrected chi connectivity index (χ2v) is 7.72. The molecule has 0 heterocycles. The Labute approximate surface area is 143 Å². The highest BCUT2D eigenvalue weighted by molar-refractivity contribution is 6.30. The normalized spacial score (nSPS) is 21.6. The first-order valence-electron chi connectivity index (χ1n) is 8.13. The Morgan fingerprint density at radius 3 is 2.13 bits per heavy atom. The molecule has 1 aromatic carbocycles. The monoisotopic (exact) mass is 336 g/mol. The zero-order valence-electron chi connectivity index (χ0n) is 14.0. The molecule has 0 unspecified atom stereocenters. The summed E-state index contributed by atoms with van der Waals surface area (Å²) in [7, 11) is 0. The fourth-order valence-corrected chi connectivity index (χ4v) is 3.09. The van der Waals surface area contributed by atoms with Gasteiger partial charge in [-0.05, 0) is 64.7 Å². The Morgan fingerprint density at radius 2 is 1.61 bits per heavy atom. The lowest BCUT2D eigenvalue weighted by atomic mass is 9.81. The number of amides is 2. The minimum atomic E-state index is -0.210. The Bertz CT molecular complexity index is 573. The van der Waals surface area contributed by atoms with Crippen LogP contribution in [0, 0.1) is 11.8 Å². The van der Waals surface area contributed by atoms with Gasteiger partial charge in [-0.1, -0.05) is 17.7 Å². The average Bonchev–Trinajstić information content (AvgIpc) is 2.45. The number of rotatable bonds is 3. The van der Waals surface area contributed by atoms with Crippen LogP contribution in [0.1, 0.15) is 46.5 Å². The number of hydrogen-bond donors (Lipinski definition) is 2. The zero-order chi connectivity index (χ0) is 17.0. The lowest BCUT2D eigenvalue weighted by Gasteiger charge is -2.30. The van der Waals surface area contributed by atoms with Gasteiger partial charge in [0.05, 0.1) is 0 Å². The number of benzene rings is 1. The lowest BCUT2D eigenvalue weighted by Crippen LogP contribution is -2.45. The van der Waals surface area contributed by atoms with E-state index in [0.29, 0.717) is 5.02 Å². The van der Waals surface area contributed by atoms with E-state index in [2.05, 4.69) is 10.6 Å². The molecule has 0 radical (unpaired) electrons. The van der Waals surface area contributed by atoms with Gasteiger partial charge in [0.2, 0.25) is 11.8 Å². The summed E-state index contributed by atoms with van der Waals surface area (Å²) in [6.07, 6.45) is 3.01. The molecule has 23 heavy (non-hydrogen) atoms. The van der Waals surface area contributed by atoms with Gasteiger partial charge in [-0.3, -0.25) is 9.59 Å². The van der Waals surface area contributed by atoms with Crippen LogP contribution in [-0.4, -0.2) is 17.4 Å². The predicted octanol–water partition coefficient (Wildman–Crippen LogP) is 4.00. The van der Waals surface area contributed by atoms with Gasteiger partial charge < -0.3 is 10.6 Å². The molecule has 2 N–H and O–H groups in total. The molecule has 0 bridgehead atoms. The van der Waals surface area contributed by atoms with Crippen LogP contribution < -0.4 is 10.6 Å². The molecule has 0 aliphatic heterocycles. The van der Waals surface area contributed by atoms with E-state index in [9.17, 15) is 9.59 Å². The fraction of sp³-hybridized carbons (Fsp3) is 0.556. The second-order valence-electron chi connectivity index (χ2n) is 7.29. The molecule has 0 saturated heterocycles. The summed E-state index contributed by atoms with van der Waals surface area (Å²) in [4.78, 5) is 24.5. The second kappa shape index (κ2) is 7.35. The third kappa shape index (κ3) is 5.54. The van der Waals surface area contributed by atoms with E-state index in [4.69, 9.17) is 11.6 Å². The number of anilines is 1. The van der Waals surface area contributed by atoms with Gasteiger partial charge in [0.15, 0.2) is 0 Å². The summed E-state index contributed by atoms with van der Waals surface area (Å²) in [5.41, 5.74) is 0.507. The molecule has 0 spiro atoms. The summed E-state index contributed by atoms with van der Waals surface area (Å²) >= 11 is 5.93. The predicted molar refractivity (Wildman–Crippen MR) is 93.4 cm³/mol. The smallest absolute Gasteiger partial charge is 0.227 e. The number of hydrogen-bond acceptors (Lipinski definition) is 2. The molecule has 1 saturated carbocycles. The number of nitrogens with one attached hydrogen (secondary N) is 2. The Kier molecular flexibility index (Phi) is 5.69. The Hall–Kier alpha value is -1.55. The molecule has 126 valence electrons. The third-order valence-electron chi connectivity index (χ3n) is 4.06. The van der Waals surface area contributed by atoms with Crippen LogP contribution in [0.25, 0.3) is 0 Å². The summed E-state index contributed by atoms with van der Waals surface area (Å²) in [6.45, 7) is 5.94. The van der Waals surface area contributed by atoms with Crippen molar-refractivity contribution in [3.63, 3.8) is 0 Å². The van der Waals surface area contributed by atoms with Gasteiger partial charge in [-0.25, -0.2) is 0 Å². The van der Waals surface area contributed by atoms with Crippen LogP contribution in [-0.2, 0) is 9.59 Å². The molecule has 1 aliphatic carbocycles. The summed E-state index contributed by atoms with van der Waals surface area (Å²) in [5, 5.41) is 6.54. The molecular weight excluding hydrogens is 312 g/mol. The van der Waals surface area contributed by atoms with Gasteiger partial charge in [0, 0.05) is 28.1 Å². The highest BCUT2D eigenvalue weighted by Crippen LogP contribution is 2.30. The van der Waals surface area contributed by atoms with Gasteiger partial charge >= 0.3 is 0 Å². The molecule has 4 nitrogen and oxygen atoms in total. The average molecular weight is 337 g/mol. The first-order valence-corrected chi connectivity index (χ1v) is 8.51. The largest absolute Gasteiger partial charge is 0.351 e. The molecule has 2 rings (SSSR count). The van der Waals surface area contributed by atoms with Crippen LogP contribution in [0.5, 0.6) is 0 Å². The van der Waals surface area contributed by atoms with Crippen LogP contribution in [0.3, 0.4) is 0 Å². The SMILES string of the molecule is CC(C)(C)NC(=O)C1CCC(C(=O)Nc2cccc(Cl)c2)CC1. The Balaban J connectivity index is 1.84. The van der Waals surface area contributed by atoms with Crippen LogP contribution in [0.4, 0.5) is 5.69 Å². The van der Waals surface area contributed by atoms with Gasteiger partial charge in [0.1, 0.15) is 0 Å². The van der Waals surface area contributed by atoms with Crippen molar-refractivity contribution in [2.24, 2.45) is 11.8 Å². The standard InChI is InChI=1S/C18H25ClN2O2/c1-18(2,3)21-17(23)13-9-7-12(8-10-13)16(22)20-15-6-4-5-14(19)11-15/h4-6,11-13H,7-10H2,1-3H3,(H,20,22)(H,21,23). The van der Waals surface area contributed by atoms with Crippen LogP contribution in [0.2, 0.25) is 5.02 Å². The lowest BCUT2D eigenvalue weighted by molar-refractivity contribution is -0.129. The van der Waals surface area contributed by atoms with Crippen molar-refractivity contribution in [3.8, 4) is 0 Å².